The summed E-state index contributed by atoms with van der Waals surface area (Å²) in [6, 6.07) is 8.13. The highest BCUT2D eigenvalue weighted by Crippen LogP contribution is 2.32. The molecular formula is C11H13ClS. The molecule has 0 atom stereocenters. The molecule has 0 heterocycles. The maximum atomic E-state index is 5.89. The number of hydrogen-bond donors (Lipinski definition) is 0. The Kier molecular flexibility index (Phi) is 3.18. The molecule has 0 bridgehead atoms. The summed E-state index contributed by atoms with van der Waals surface area (Å²) < 4.78 is 0. The van der Waals surface area contributed by atoms with Crippen LogP contribution in [0.1, 0.15) is 19.3 Å². The quantitative estimate of drug-likeness (QED) is 0.676. The van der Waals surface area contributed by atoms with E-state index in [0.29, 0.717) is 0 Å². The fourth-order valence-electron chi connectivity index (χ4n) is 1.43. The van der Waals surface area contributed by atoms with E-state index in [2.05, 4.69) is 6.07 Å². The predicted octanol–water partition coefficient (Wildman–Crippen LogP) is 4.23. The van der Waals surface area contributed by atoms with Crippen molar-refractivity contribution in [2.45, 2.75) is 24.2 Å². The lowest BCUT2D eigenvalue weighted by Gasteiger charge is -2.24. The molecule has 0 saturated heterocycles. The Hall–Kier alpha value is -0.140. The van der Waals surface area contributed by atoms with Crippen LogP contribution in [0.4, 0.5) is 0 Å². The predicted molar refractivity (Wildman–Crippen MR) is 59.5 cm³/mol. The zero-order valence-corrected chi connectivity index (χ0v) is 9.07. The zero-order valence-electron chi connectivity index (χ0n) is 7.50. The van der Waals surface area contributed by atoms with E-state index in [9.17, 15) is 0 Å². The van der Waals surface area contributed by atoms with E-state index in [0.717, 1.165) is 10.9 Å². The summed E-state index contributed by atoms with van der Waals surface area (Å²) in [5.41, 5.74) is 0. The highest BCUT2D eigenvalue weighted by atomic mass is 35.5. The summed E-state index contributed by atoms with van der Waals surface area (Å²) in [6.45, 7) is 0. The first-order valence-corrected chi connectivity index (χ1v) is 6.09. The Balaban J connectivity index is 1.86. The normalized spacial score (nSPS) is 17.0. The van der Waals surface area contributed by atoms with Gasteiger partial charge >= 0.3 is 0 Å². The van der Waals surface area contributed by atoms with Crippen LogP contribution in [0.5, 0.6) is 0 Å². The van der Waals surface area contributed by atoms with Crippen molar-refractivity contribution in [3.63, 3.8) is 0 Å². The van der Waals surface area contributed by atoms with Crippen molar-refractivity contribution in [1.82, 2.24) is 0 Å². The highest BCUT2D eigenvalue weighted by Gasteiger charge is 2.16. The van der Waals surface area contributed by atoms with E-state index >= 15 is 0 Å². The van der Waals surface area contributed by atoms with Crippen molar-refractivity contribution in [2.75, 3.05) is 5.75 Å². The van der Waals surface area contributed by atoms with Gasteiger partial charge in [-0.25, -0.2) is 0 Å². The van der Waals surface area contributed by atoms with Crippen LogP contribution in [0.3, 0.4) is 0 Å². The minimum absolute atomic E-state index is 0.846. The van der Waals surface area contributed by atoms with Crippen LogP contribution in [-0.2, 0) is 0 Å². The first-order chi connectivity index (χ1) is 6.34. The van der Waals surface area contributed by atoms with Crippen LogP contribution in [0.15, 0.2) is 29.2 Å². The van der Waals surface area contributed by atoms with Crippen molar-refractivity contribution in [1.29, 1.82) is 0 Å². The van der Waals surface area contributed by atoms with Gasteiger partial charge in [-0.15, -0.1) is 11.8 Å². The van der Waals surface area contributed by atoms with E-state index < -0.39 is 0 Å². The van der Waals surface area contributed by atoms with Crippen LogP contribution < -0.4 is 0 Å². The molecule has 2 heteroatoms. The summed E-state index contributed by atoms with van der Waals surface area (Å²) >= 11 is 7.83. The van der Waals surface area contributed by atoms with Gasteiger partial charge in [-0.2, -0.15) is 0 Å². The Bertz CT molecular complexity index is 281. The van der Waals surface area contributed by atoms with Gasteiger partial charge in [-0.05, 0) is 37.0 Å². The van der Waals surface area contributed by atoms with Crippen LogP contribution >= 0.6 is 23.4 Å². The molecule has 1 aromatic rings. The monoisotopic (exact) mass is 212 g/mol. The lowest BCUT2D eigenvalue weighted by molar-refractivity contribution is 0.353. The van der Waals surface area contributed by atoms with Gasteiger partial charge < -0.3 is 0 Å². The van der Waals surface area contributed by atoms with Crippen molar-refractivity contribution in [2.24, 2.45) is 5.92 Å². The SMILES string of the molecule is Clc1cccc(SCC2CCC2)c1. The second-order valence-electron chi connectivity index (χ2n) is 3.57. The Morgan fingerprint density at radius 1 is 1.38 bits per heavy atom. The molecule has 1 fully saturated rings. The minimum atomic E-state index is 0.846. The zero-order chi connectivity index (χ0) is 9.10. The summed E-state index contributed by atoms with van der Waals surface area (Å²) in [5, 5.41) is 0.846. The average molecular weight is 213 g/mol. The molecule has 1 saturated carbocycles. The third-order valence-electron chi connectivity index (χ3n) is 2.51. The molecule has 1 aliphatic carbocycles. The molecular weight excluding hydrogens is 200 g/mol. The molecule has 0 radical (unpaired) electrons. The number of rotatable bonds is 3. The third kappa shape index (κ3) is 2.65. The van der Waals surface area contributed by atoms with E-state index in [-0.39, 0.29) is 0 Å². The number of thioether (sulfide) groups is 1. The fraction of sp³-hybridized carbons (Fsp3) is 0.455. The first-order valence-electron chi connectivity index (χ1n) is 4.73. The van der Waals surface area contributed by atoms with E-state index in [1.807, 2.05) is 30.0 Å². The Morgan fingerprint density at radius 3 is 2.85 bits per heavy atom. The van der Waals surface area contributed by atoms with Gasteiger partial charge in [0, 0.05) is 15.7 Å². The van der Waals surface area contributed by atoms with E-state index in [1.165, 1.54) is 29.9 Å². The molecule has 13 heavy (non-hydrogen) atoms. The Morgan fingerprint density at radius 2 is 2.23 bits per heavy atom. The number of hydrogen-bond acceptors (Lipinski definition) is 1. The maximum absolute atomic E-state index is 5.89. The lowest BCUT2D eigenvalue weighted by Crippen LogP contribution is -2.12. The fourth-order valence-corrected chi connectivity index (χ4v) is 2.83. The van der Waals surface area contributed by atoms with Crippen molar-refractivity contribution < 1.29 is 0 Å². The van der Waals surface area contributed by atoms with Gasteiger partial charge in [-0.3, -0.25) is 0 Å². The second kappa shape index (κ2) is 4.39. The molecule has 0 spiro atoms. The summed E-state index contributed by atoms with van der Waals surface area (Å²) in [6.07, 6.45) is 4.28. The van der Waals surface area contributed by atoms with Crippen LogP contribution in [-0.4, -0.2) is 5.75 Å². The molecule has 0 unspecified atom stereocenters. The molecule has 0 N–H and O–H groups in total. The largest absolute Gasteiger partial charge is 0.126 e. The molecule has 2 rings (SSSR count). The second-order valence-corrected chi connectivity index (χ2v) is 5.10. The van der Waals surface area contributed by atoms with E-state index in [4.69, 9.17) is 11.6 Å². The van der Waals surface area contributed by atoms with Gasteiger partial charge in [0.25, 0.3) is 0 Å². The maximum Gasteiger partial charge on any atom is 0.0417 e. The number of halogens is 1. The van der Waals surface area contributed by atoms with Crippen molar-refractivity contribution in [3.05, 3.63) is 29.3 Å². The highest BCUT2D eigenvalue weighted by molar-refractivity contribution is 7.99. The van der Waals surface area contributed by atoms with Gasteiger partial charge in [0.05, 0.1) is 0 Å². The molecule has 1 aromatic carbocycles. The van der Waals surface area contributed by atoms with Gasteiger partial charge in [-0.1, -0.05) is 24.1 Å². The van der Waals surface area contributed by atoms with Crippen LogP contribution in [0.2, 0.25) is 5.02 Å². The third-order valence-corrected chi connectivity index (χ3v) is 3.97. The first kappa shape index (κ1) is 9.42. The smallest absolute Gasteiger partial charge is 0.0417 e. The summed E-state index contributed by atoms with van der Waals surface area (Å²) in [5.74, 6) is 2.23. The van der Waals surface area contributed by atoms with Crippen LogP contribution in [0.25, 0.3) is 0 Å². The molecule has 0 nitrogen and oxygen atoms in total. The average Bonchev–Trinajstić information content (AvgIpc) is 2.01. The molecule has 0 aromatic heterocycles. The van der Waals surface area contributed by atoms with Gasteiger partial charge in [0.1, 0.15) is 0 Å². The minimum Gasteiger partial charge on any atom is -0.126 e. The molecule has 70 valence electrons. The van der Waals surface area contributed by atoms with Crippen LogP contribution in [0, 0.1) is 5.92 Å². The molecule has 0 amide bonds. The topological polar surface area (TPSA) is 0 Å². The van der Waals surface area contributed by atoms with Crippen molar-refractivity contribution in [3.8, 4) is 0 Å². The van der Waals surface area contributed by atoms with Gasteiger partial charge in [0.2, 0.25) is 0 Å². The standard InChI is InChI=1S/C11H13ClS/c12-10-5-2-6-11(7-10)13-8-9-3-1-4-9/h2,5-7,9H,1,3-4,8H2. The van der Waals surface area contributed by atoms with Gasteiger partial charge in [0.15, 0.2) is 0 Å². The Labute approximate surface area is 88.7 Å². The molecule has 1 aliphatic rings. The van der Waals surface area contributed by atoms with E-state index in [1.54, 1.807) is 0 Å². The number of benzene rings is 1. The summed E-state index contributed by atoms with van der Waals surface area (Å²) in [4.78, 5) is 1.31. The summed E-state index contributed by atoms with van der Waals surface area (Å²) in [7, 11) is 0. The lowest BCUT2D eigenvalue weighted by atomic mass is 9.87. The van der Waals surface area contributed by atoms with Crippen molar-refractivity contribution >= 4 is 23.4 Å². The molecule has 0 aliphatic heterocycles.